The van der Waals surface area contributed by atoms with E-state index in [1.165, 1.54) is 12.0 Å². The van der Waals surface area contributed by atoms with Gasteiger partial charge in [-0.05, 0) is 31.4 Å². The highest BCUT2D eigenvalue weighted by Crippen LogP contribution is 2.25. The molecule has 0 unspecified atom stereocenters. The maximum atomic E-state index is 12.3. The smallest absolute Gasteiger partial charge is 0.413 e. The number of anilines is 1. The molecule has 22 heavy (non-hydrogen) atoms. The number of para-hydroxylation sites is 1. The lowest BCUT2D eigenvalue weighted by molar-refractivity contribution is -0.113. The summed E-state index contributed by atoms with van der Waals surface area (Å²) in [5.41, 5.74) is 1.29. The monoisotopic (exact) mass is 300 g/mol. The van der Waals surface area contributed by atoms with Crippen LogP contribution in [-0.4, -0.2) is 30.1 Å². The minimum Gasteiger partial charge on any atom is -0.452 e. The number of rotatable bonds is 4. The van der Waals surface area contributed by atoms with E-state index in [9.17, 15) is 9.59 Å². The highest BCUT2D eigenvalue weighted by atomic mass is 16.5. The second-order valence-corrected chi connectivity index (χ2v) is 5.07. The van der Waals surface area contributed by atoms with E-state index >= 15 is 0 Å². The van der Waals surface area contributed by atoms with Gasteiger partial charge in [-0.1, -0.05) is 24.3 Å². The molecule has 0 radical (unpaired) electrons. The third kappa shape index (κ3) is 3.75. The predicted octanol–water partition coefficient (Wildman–Crippen LogP) is 3.32. The lowest BCUT2D eigenvalue weighted by Gasteiger charge is -2.31. The van der Waals surface area contributed by atoms with Gasteiger partial charge in [0.15, 0.2) is 0 Å². The standard InChI is InChI=1S/C17H20N2O3/c1-3-7-15-11-10-13(12-19(15)17(21)22-2)16(20)18-14-8-5-4-6-9-14/h3-6,8-9,12,15H,1,7,10-11H2,2H3,(H,18,20)/t15-/m1/s1. The van der Waals surface area contributed by atoms with Crippen LogP contribution in [0.5, 0.6) is 0 Å². The number of methoxy groups -OCH3 is 1. The minimum atomic E-state index is -0.462. The van der Waals surface area contributed by atoms with E-state index < -0.39 is 6.09 Å². The van der Waals surface area contributed by atoms with E-state index in [-0.39, 0.29) is 11.9 Å². The molecule has 1 atom stereocenters. The molecule has 1 aliphatic rings. The molecule has 0 bridgehead atoms. The zero-order valence-electron chi connectivity index (χ0n) is 12.6. The van der Waals surface area contributed by atoms with Gasteiger partial charge in [-0.25, -0.2) is 4.79 Å². The first-order valence-corrected chi connectivity index (χ1v) is 7.20. The molecule has 1 heterocycles. The summed E-state index contributed by atoms with van der Waals surface area (Å²) >= 11 is 0. The van der Waals surface area contributed by atoms with E-state index in [1.54, 1.807) is 12.3 Å². The van der Waals surface area contributed by atoms with Gasteiger partial charge in [0, 0.05) is 23.5 Å². The fraction of sp³-hybridized carbons (Fsp3) is 0.294. The summed E-state index contributed by atoms with van der Waals surface area (Å²) in [4.78, 5) is 25.7. The summed E-state index contributed by atoms with van der Waals surface area (Å²) in [5, 5.41) is 2.83. The quantitative estimate of drug-likeness (QED) is 0.868. The third-order valence-corrected chi connectivity index (χ3v) is 3.58. The van der Waals surface area contributed by atoms with E-state index in [0.29, 0.717) is 24.8 Å². The van der Waals surface area contributed by atoms with Crippen molar-refractivity contribution in [1.29, 1.82) is 0 Å². The Kier molecular flexibility index (Phi) is 5.36. The molecular weight excluding hydrogens is 280 g/mol. The first-order chi connectivity index (χ1) is 10.7. The fourth-order valence-corrected chi connectivity index (χ4v) is 2.44. The van der Waals surface area contributed by atoms with Crippen LogP contribution in [0, 0.1) is 0 Å². The van der Waals surface area contributed by atoms with Crippen molar-refractivity contribution in [2.45, 2.75) is 25.3 Å². The fourth-order valence-electron chi connectivity index (χ4n) is 2.44. The summed E-state index contributed by atoms with van der Waals surface area (Å²) < 4.78 is 4.79. The van der Waals surface area contributed by atoms with Gasteiger partial charge in [-0.2, -0.15) is 0 Å². The zero-order chi connectivity index (χ0) is 15.9. The number of carbonyl (C=O) groups is 2. The Morgan fingerprint density at radius 2 is 2.14 bits per heavy atom. The van der Waals surface area contributed by atoms with Crippen LogP contribution in [0.2, 0.25) is 0 Å². The van der Waals surface area contributed by atoms with Gasteiger partial charge in [0.1, 0.15) is 0 Å². The Bertz CT molecular complexity index is 581. The molecule has 2 amide bonds. The molecule has 5 heteroatoms. The van der Waals surface area contributed by atoms with Crippen molar-refractivity contribution in [3.8, 4) is 0 Å². The van der Waals surface area contributed by atoms with Crippen LogP contribution in [0.1, 0.15) is 19.3 Å². The SMILES string of the molecule is C=CC[C@@H]1CCC(C(=O)Nc2ccccc2)=CN1C(=O)OC. The van der Waals surface area contributed by atoms with Gasteiger partial charge in [-0.3, -0.25) is 9.69 Å². The molecule has 0 aliphatic carbocycles. The van der Waals surface area contributed by atoms with Crippen molar-refractivity contribution < 1.29 is 14.3 Å². The molecule has 1 aromatic rings. The minimum absolute atomic E-state index is 0.0155. The Balaban J connectivity index is 2.14. The van der Waals surface area contributed by atoms with E-state index in [2.05, 4.69) is 11.9 Å². The van der Waals surface area contributed by atoms with Crippen LogP contribution in [0.15, 0.2) is 54.8 Å². The van der Waals surface area contributed by atoms with Crippen molar-refractivity contribution >= 4 is 17.7 Å². The van der Waals surface area contributed by atoms with Crippen LogP contribution in [-0.2, 0) is 9.53 Å². The molecule has 1 N–H and O–H groups in total. The largest absolute Gasteiger partial charge is 0.452 e. The van der Waals surface area contributed by atoms with Crippen LogP contribution >= 0.6 is 0 Å². The lowest BCUT2D eigenvalue weighted by Crippen LogP contribution is -2.39. The Morgan fingerprint density at radius 3 is 2.77 bits per heavy atom. The number of ether oxygens (including phenoxy) is 1. The normalized spacial score (nSPS) is 17.4. The maximum Gasteiger partial charge on any atom is 0.413 e. The summed E-state index contributed by atoms with van der Waals surface area (Å²) in [6.45, 7) is 3.71. The Labute approximate surface area is 130 Å². The van der Waals surface area contributed by atoms with Gasteiger partial charge in [0.05, 0.1) is 7.11 Å². The Hall–Kier alpha value is -2.56. The summed E-state index contributed by atoms with van der Waals surface area (Å²) in [6, 6.07) is 9.21. The van der Waals surface area contributed by atoms with Crippen molar-refractivity contribution in [3.63, 3.8) is 0 Å². The van der Waals surface area contributed by atoms with Crippen LogP contribution in [0.25, 0.3) is 0 Å². The van der Waals surface area contributed by atoms with Crippen LogP contribution in [0.4, 0.5) is 10.5 Å². The molecule has 0 fully saturated rings. The topological polar surface area (TPSA) is 58.6 Å². The molecule has 5 nitrogen and oxygen atoms in total. The van der Waals surface area contributed by atoms with Crippen LogP contribution < -0.4 is 5.32 Å². The second kappa shape index (κ2) is 7.45. The molecule has 0 spiro atoms. The highest BCUT2D eigenvalue weighted by molar-refractivity contribution is 6.04. The van der Waals surface area contributed by atoms with E-state index in [0.717, 1.165) is 5.69 Å². The van der Waals surface area contributed by atoms with E-state index in [4.69, 9.17) is 4.74 Å². The molecule has 1 aromatic carbocycles. The first kappa shape index (κ1) is 15.8. The van der Waals surface area contributed by atoms with Crippen molar-refractivity contribution in [1.82, 2.24) is 4.90 Å². The number of nitrogens with one attached hydrogen (secondary N) is 1. The number of nitrogens with zero attached hydrogens (tertiary/aromatic N) is 1. The number of carbonyl (C=O) groups excluding carboxylic acids is 2. The van der Waals surface area contributed by atoms with Gasteiger partial charge in [-0.15, -0.1) is 6.58 Å². The first-order valence-electron chi connectivity index (χ1n) is 7.20. The number of hydrogen-bond donors (Lipinski definition) is 1. The number of benzene rings is 1. The highest BCUT2D eigenvalue weighted by Gasteiger charge is 2.28. The summed E-state index contributed by atoms with van der Waals surface area (Å²) in [5.74, 6) is -0.197. The molecule has 0 saturated carbocycles. The predicted molar refractivity (Wildman–Crippen MR) is 85.2 cm³/mol. The van der Waals surface area contributed by atoms with Crippen molar-refractivity contribution in [3.05, 3.63) is 54.8 Å². The average Bonchev–Trinajstić information content (AvgIpc) is 2.55. The number of amides is 2. The summed E-state index contributed by atoms with van der Waals surface area (Å²) in [6.07, 6.45) is 4.88. The summed E-state index contributed by atoms with van der Waals surface area (Å²) in [7, 11) is 1.33. The van der Waals surface area contributed by atoms with Gasteiger partial charge >= 0.3 is 6.09 Å². The molecule has 1 aliphatic heterocycles. The maximum absolute atomic E-state index is 12.3. The lowest BCUT2D eigenvalue weighted by atomic mass is 9.97. The van der Waals surface area contributed by atoms with E-state index in [1.807, 2.05) is 30.3 Å². The van der Waals surface area contributed by atoms with Gasteiger partial charge < -0.3 is 10.1 Å². The van der Waals surface area contributed by atoms with Crippen molar-refractivity contribution in [2.24, 2.45) is 0 Å². The van der Waals surface area contributed by atoms with Crippen LogP contribution in [0.3, 0.4) is 0 Å². The zero-order valence-corrected chi connectivity index (χ0v) is 12.6. The average molecular weight is 300 g/mol. The van der Waals surface area contributed by atoms with Crippen molar-refractivity contribution in [2.75, 3.05) is 12.4 Å². The number of hydrogen-bond acceptors (Lipinski definition) is 3. The molecule has 2 rings (SSSR count). The van der Waals surface area contributed by atoms with Gasteiger partial charge in [0.25, 0.3) is 5.91 Å². The molecule has 116 valence electrons. The third-order valence-electron chi connectivity index (χ3n) is 3.58. The van der Waals surface area contributed by atoms with Gasteiger partial charge in [0.2, 0.25) is 0 Å². The molecule has 0 saturated heterocycles. The Morgan fingerprint density at radius 1 is 1.41 bits per heavy atom. The second-order valence-electron chi connectivity index (χ2n) is 5.07. The molecular formula is C17H20N2O3. The molecule has 0 aromatic heterocycles.